The zero-order valence-corrected chi connectivity index (χ0v) is 16.9. The van der Waals surface area contributed by atoms with Gasteiger partial charge in [-0.3, -0.25) is 9.59 Å². The van der Waals surface area contributed by atoms with Crippen molar-refractivity contribution in [1.82, 2.24) is 0 Å². The normalized spacial score (nSPS) is 11.6. The Morgan fingerprint density at radius 3 is 2.48 bits per heavy atom. The number of aliphatic hydroxyl groups excluding tert-OH is 1. The summed E-state index contributed by atoms with van der Waals surface area (Å²) in [6, 6.07) is 0. The highest BCUT2D eigenvalue weighted by Gasteiger charge is 2.12. The molecule has 1 unspecified atom stereocenters. The number of esters is 1. The molecule has 0 radical (unpaired) electrons. The Morgan fingerprint density at radius 2 is 1.78 bits per heavy atom. The molecule has 0 rings (SSSR count). The van der Waals surface area contributed by atoms with Crippen LogP contribution in [0.4, 0.5) is 0 Å². The standard InChI is InChI=1S/C23H36O4/c1-3-4-5-6-7-8-9-10-11-12-13-14-15-16-17-21(24)18-19-22(25)20-23(26)27-2/h3,11-12,22,25H,1,4-10,15-20H2,2H3/b12-11+. The van der Waals surface area contributed by atoms with E-state index < -0.39 is 12.1 Å². The van der Waals surface area contributed by atoms with E-state index in [2.05, 4.69) is 29.2 Å². The van der Waals surface area contributed by atoms with Crippen molar-refractivity contribution < 1.29 is 19.4 Å². The molecule has 0 aliphatic carbocycles. The molecule has 0 bridgehead atoms. The lowest BCUT2D eigenvalue weighted by molar-refractivity contribution is -0.143. The zero-order chi connectivity index (χ0) is 20.2. The van der Waals surface area contributed by atoms with Gasteiger partial charge >= 0.3 is 5.97 Å². The Bertz CT molecular complexity index is 496. The van der Waals surface area contributed by atoms with E-state index in [1.54, 1.807) is 0 Å². The van der Waals surface area contributed by atoms with Crippen molar-refractivity contribution in [3.05, 3.63) is 24.8 Å². The first kappa shape index (κ1) is 25.1. The fourth-order valence-corrected chi connectivity index (χ4v) is 2.56. The molecule has 0 amide bonds. The van der Waals surface area contributed by atoms with Gasteiger partial charge in [-0.25, -0.2) is 0 Å². The molecule has 0 aliphatic heterocycles. The van der Waals surface area contributed by atoms with Gasteiger partial charge in [0.15, 0.2) is 0 Å². The average Bonchev–Trinajstić information content (AvgIpc) is 2.66. The molecular formula is C23H36O4. The van der Waals surface area contributed by atoms with Crippen molar-refractivity contribution in [2.75, 3.05) is 7.11 Å². The molecular weight excluding hydrogens is 340 g/mol. The topological polar surface area (TPSA) is 63.6 Å². The van der Waals surface area contributed by atoms with Gasteiger partial charge in [0.1, 0.15) is 5.78 Å². The first-order chi connectivity index (χ1) is 13.1. The average molecular weight is 377 g/mol. The number of unbranched alkanes of at least 4 members (excludes halogenated alkanes) is 7. The third-order valence-corrected chi connectivity index (χ3v) is 4.23. The molecule has 0 aromatic carbocycles. The molecule has 4 heteroatoms. The van der Waals surface area contributed by atoms with E-state index in [0.717, 1.165) is 19.3 Å². The van der Waals surface area contributed by atoms with Crippen molar-refractivity contribution in [2.24, 2.45) is 0 Å². The highest BCUT2D eigenvalue weighted by atomic mass is 16.5. The quantitative estimate of drug-likeness (QED) is 0.180. The summed E-state index contributed by atoms with van der Waals surface area (Å²) in [6.45, 7) is 3.73. The first-order valence-electron chi connectivity index (χ1n) is 10.1. The van der Waals surface area contributed by atoms with E-state index in [4.69, 9.17) is 0 Å². The van der Waals surface area contributed by atoms with E-state index in [-0.39, 0.29) is 12.2 Å². The number of Topliss-reactive ketones (excluding diaryl/α,β-unsaturated/α-hetero) is 1. The molecule has 0 saturated carbocycles. The molecule has 0 spiro atoms. The second-order valence-electron chi connectivity index (χ2n) is 6.72. The zero-order valence-electron chi connectivity index (χ0n) is 16.9. The van der Waals surface area contributed by atoms with Crippen LogP contribution in [-0.2, 0) is 14.3 Å². The van der Waals surface area contributed by atoms with Gasteiger partial charge in [0.25, 0.3) is 0 Å². The third-order valence-electron chi connectivity index (χ3n) is 4.23. The summed E-state index contributed by atoms with van der Waals surface area (Å²) in [5.74, 6) is 5.71. The summed E-state index contributed by atoms with van der Waals surface area (Å²) in [5.41, 5.74) is 0. The maximum atomic E-state index is 11.7. The summed E-state index contributed by atoms with van der Waals surface area (Å²) in [5, 5.41) is 9.61. The lowest BCUT2D eigenvalue weighted by Crippen LogP contribution is -2.15. The van der Waals surface area contributed by atoms with Crippen LogP contribution in [0.2, 0.25) is 0 Å². The molecule has 0 aromatic rings. The SMILES string of the molecule is C=CCCCCCCC/C=C/C#CCCCC(=O)CCC(O)CC(=O)OC. The second kappa shape index (κ2) is 18.9. The van der Waals surface area contributed by atoms with E-state index in [9.17, 15) is 14.7 Å². The minimum Gasteiger partial charge on any atom is -0.469 e. The Kier molecular flexibility index (Phi) is 17.6. The van der Waals surface area contributed by atoms with Gasteiger partial charge in [-0.2, -0.15) is 0 Å². The molecule has 1 atom stereocenters. The van der Waals surface area contributed by atoms with Gasteiger partial charge in [-0.15, -0.1) is 6.58 Å². The van der Waals surface area contributed by atoms with Crippen LogP contribution in [0, 0.1) is 11.8 Å². The van der Waals surface area contributed by atoms with Gasteiger partial charge in [0.2, 0.25) is 0 Å². The summed E-state index contributed by atoms with van der Waals surface area (Å²) < 4.78 is 4.48. The number of ether oxygens (including phenoxy) is 1. The van der Waals surface area contributed by atoms with Crippen molar-refractivity contribution >= 4 is 11.8 Å². The van der Waals surface area contributed by atoms with Gasteiger partial charge in [0, 0.05) is 19.3 Å². The summed E-state index contributed by atoms with van der Waals surface area (Å²) in [4.78, 5) is 22.7. The van der Waals surface area contributed by atoms with E-state index in [0.29, 0.717) is 25.7 Å². The Labute approximate surface area is 165 Å². The second-order valence-corrected chi connectivity index (χ2v) is 6.72. The summed E-state index contributed by atoms with van der Waals surface area (Å²) in [7, 11) is 1.28. The van der Waals surface area contributed by atoms with Gasteiger partial charge in [-0.05, 0) is 44.6 Å². The number of carbonyl (C=O) groups is 2. The Balaban J connectivity index is 3.55. The molecule has 152 valence electrons. The third kappa shape index (κ3) is 18.7. The van der Waals surface area contributed by atoms with E-state index >= 15 is 0 Å². The van der Waals surface area contributed by atoms with Crippen LogP contribution in [0.1, 0.15) is 83.5 Å². The van der Waals surface area contributed by atoms with Crippen LogP contribution in [0.5, 0.6) is 0 Å². The molecule has 0 aromatic heterocycles. The van der Waals surface area contributed by atoms with Crippen LogP contribution in [0.15, 0.2) is 24.8 Å². The summed E-state index contributed by atoms with van der Waals surface area (Å²) in [6.07, 6.45) is 16.1. The lowest BCUT2D eigenvalue weighted by Gasteiger charge is -2.07. The molecule has 4 nitrogen and oxygen atoms in total. The number of hydrogen-bond acceptors (Lipinski definition) is 4. The van der Waals surface area contributed by atoms with Crippen molar-refractivity contribution in [2.45, 2.75) is 89.6 Å². The van der Waals surface area contributed by atoms with E-state index in [1.165, 1.54) is 39.2 Å². The van der Waals surface area contributed by atoms with Crippen molar-refractivity contribution in [1.29, 1.82) is 0 Å². The number of ketones is 1. The Morgan fingerprint density at radius 1 is 1.07 bits per heavy atom. The van der Waals surface area contributed by atoms with Crippen molar-refractivity contribution in [3.63, 3.8) is 0 Å². The number of methoxy groups -OCH3 is 1. The minimum absolute atomic E-state index is 0.0586. The fraction of sp³-hybridized carbons (Fsp3) is 0.652. The van der Waals surface area contributed by atoms with Crippen LogP contribution in [0.3, 0.4) is 0 Å². The van der Waals surface area contributed by atoms with Crippen LogP contribution in [0.25, 0.3) is 0 Å². The first-order valence-corrected chi connectivity index (χ1v) is 10.1. The van der Waals surface area contributed by atoms with Crippen LogP contribution in [-0.4, -0.2) is 30.1 Å². The highest BCUT2D eigenvalue weighted by molar-refractivity contribution is 5.78. The molecule has 27 heavy (non-hydrogen) atoms. The van der Waals surface area contributed by atoms with Crippen LogP contribution < -0.4 is 0 Å². The van der Waals surface area contributed by atoms with Crippen molar-refractivity contribution in [3.8, 4) is 11.8 Å². The number of hydrogen-bond donors (Lipinski definition) is 1. The smallest absolute Gasteiger partial charge is 0.308 e. The number of rotatable bonds is 16. The Hall–Kier alpha value is -1.86. The minimum atomic E-state index is -0.807. The van der Waals surface area contributed by atoms with Crippen LogP contribution >= 0.6 is 0 Å². The number of carbonyl (C=O) groups excluding carboxylic acids is 2. The molecule has 0 heterocycles. The molecule has 0 fully saturated rings. The van der Waals surface area contributed by atoms with Gasteiger partial charge in [-0.1, -0.05) is 43.3 Å². The maximum Gasteiger partial charge on any atom is 0.308 e. The lowest BCUT2D eigenvalue weighted by atomic mass is 10.0. The number of allylic oxidation sites excluding steroid dienone is 3. The van der Waals surface area contributed by atoms with Gasteiger partial charge < -0.3 is 9.84 Å². The maximum absolute atomic E-state index is 11.7. The molecule has 0 aliphatic rings. The fourth-order valence-electron chi connectivity index (χ4n) is 2.56. The summed E-state index contributed by atoms with van der Waals surface area (Å²) >= 11 is 0. The molecule has 0 saturated heterocycles. The predicted octanol–water partition coefficient (Wildman–Crippen LogP) is 4.91. The monoisotopic (exact) mass is 376 g/mol. The number of aliphatic hydroxyl groups is 1. The largest absolute Gasteiger partial charge is 0.469 e. The molecule has 1 N–H and O–H groups in total. The highest BCUT2D eigenvalue weighted by Crippen LogP contribution is 2.08. The van der Waals surface area contributed by atoms with Gasteiger partial charge in [0.05, 0.1) is 19.6 Å². The predicted molar refractivity (Wildman–Crippen MR) is 110 cm³/mol. The van der Waals surface area contributed by atoms with E-state index in [1.807, 2.05) is 12.2 Å².